The summed E-state index contributed by atoms with van der Waals surface area (Å²) in [7, 11) is 0. The second-order valence-electron chi connectivity index (χ2n) is 13.2. The van der Waals surface area contributed by atoms with Crippen molar-refractivity contribution in [1.29, 1.82) is 0 Å². The average molecular weight is 640 g/mol. The first kappa shape index (κ1) is 28.6. The van der Waals surface area contributed by atoms with Gasteiger partial charge in [0.15, 0.2) is 0 Å². The Bertz CT molecular complexity index is 2720. The molecule has 50 heavy (non-hydrogen) atoms. The van der Waals surface area contributed by atoms with E-state index in [0.29, 0.717) is 0 Å². The van der Waals surface area contributed by atoms with Crippen molar-refractivity contribution in [2.24, 2.45) is 5.92 Å². The Labute approximate surface area is 291 Å². The molecule has 2 heteroatoms. The Morgan fingerprint density at radius 2 is 1.28 bits per heavy atom. The number of rotatable bonds is 5. The van der Waals surface area contributed by atoms with Gasteiger partial charge in [0, 0.05) is 38.7 Å². The molecule has 7 aromatic carbocycles. The van der Waals surface area contributed by atoms with Gasteiger partial charge in [-0.2, -0.15) is 0 Å². The first-order valence-corrected chi connectivity index (χ1v) is 17.3. The molecule has 0 fully saturated rings. The molecule has 8 aromatic rings. The highest BCUT2D eigenvalue weighted by atomic mass is 16.3. The lowest BCUT2D eigenvalue weighted by molar-refractivity contribution is 0.641. The van der Waals surface area contributed by atoms with E-state index in [9.17, 15) is 0 Å². The normalized spacial score (nSPS) is 16.7. The van der Waals surface area contributed by atoms with Crippen LogP contribution >= 0.6 is 0 Å². The van der Waals surface area contributed by atoms with Gasteiger partial charge in [-0.05, 0) is 57.3 Å². The molecule has 2 aliphatic carbocycles. The van der Waals surface area contributed by atoms with Crippen molar-refractivity contribution in [1.82, 2.24) is 0 Å². The number of anilines is 2. The summed E-state index contributed by atoms with van der Waals surface area (Å²) in [4.78, 5) is 2.58. The molecule has 1 aromatic heterocycles. The Morgan fingerprint density at radius 1 is 0.500 bits per heavy atom. The van der Waals surface area contributed by atoms with Crippen LogP contribution in [0.1, 0.15) is 0 Å². The van der Waals surface area contributed by atoms with Crippen LogP contribution in [-0.2, 0) is 0 Å². The van der Waals surface area contributed by atoms with Crippen LogP contribution in [0.15, 0.2) is 198 Å². The van der Waals surface area contributed by atoms with Crippen molar-refractivity contribution < 1.29 is 4.42 Å². The number of hydrogen-bond donors (Lipinski definition) is 0. The molecule has 0 N–H and O–H groups in total. The smallest absolute Gasteiger partial charge is 0.143 e. The van der Waals surface area contributed by atoms with Gasteiger partial charge >= 0.3 is 0 Å². The Hall–Kier alpha value is -6.38. The summed E-state index contributed by atoms with van der Waals surface area (Å²) >= 11 is 0. The molecule has 0 spiro atoms. The zero-order valence-corrected chi connectivity index (χ0v) is 27.4. The summed E-state index contributed by atoms with van der Waals surface area (Å²) < 4.78 is 6.82. The number of hydrogen-bond acceptors (Lipinski definition) is 2. The average Bonchev–Trinajstić information content (AvgIpc) is 3.58. The quantitative estimate of drug-likeness (QED) is 0.186. The molecule has 236 valence electrons. The van der Waals surface area contributed by atoms with Crippen molar-refractivity contribution in [2.45, 2.75) is 6.04 Å². The van der Waals surface area contributed by atoms with Crippen molar-refractivity contribution in [3.8, 4) is 22.3 Å². The van der Waals surface area contributed by atoms with Crippen LogP contribution in [0.4, 0.5) is 11.4 Å². The number of furan rings is 1. The monoisotopic (exact) mass is 639 g/mol. The summed E-state index contributed by atoms with van der Waals surface area (Å²) in [5.74, 6) is 0.192. The number of fused-ring (bicyclic) bond motifs is 7. The molecule has 2 nitrogen and oxygen atoms in total. The van der Waals surface area contributed by atoms with Gasteiger partial charge in [0.25, 0.3) is 0 Å². The Kier molecular flexibility index (Phi) is 6.67. The minimum Gasteiger partial charge on any atom is -0.455 e. The van der Waals surface area contributed by atoms with Crippen molar-refractivity contribution in [3.05, 3.63) is 194 Å². The molecular weight excluding hydrogens is 607 g/mol. The molecule has 0 bridgehead atoms. The van der Waals surface area contributed by atoms with Gasteiger partial charge in [-0.3, -0.25) is 0 Å². The van der Waals surface area contributed by atoms with Crippen molar-refractivity contribution >= 4 is 54.9 Å². The van der Waals surface area contributed by atoms with E-state index in [0.717, 1.165) is 38.4 Å². The molecule has 2 unspecified atom stereocenters. The standard InChI is InChI=1S/C48H33NO/c1-2-15-33(16-3-1)37-21-10-11-25-43(37)49(44-26-12-19-34-17-6-7-20-38(34)44)45-31-42-47-39(36-29-28-32-14-4-5-18-35(32)30-36)24-13-27-46(47)50-48(42)41-23-9-8-22-40(41)45/h1-31,38,44H. The molecule has 0 radical (unpaired) electrons. The number of para-hydroxylation sites is 1. The predicted molar refractivity (Wildman–Crippen MR) is 211 cm³/mol. The van der Waals surface area contributed by atoms with Crippen LogP contribution < -0.4 is 4.90 Å². The van der Waals surface area contributed by atoms with Crippen molar-refractivity contribution in [2.75, 3.05) is 4.90 Å². The molecule has 0 saturated heterocycles. The number of nitrogens with zero attached hydrogens (tertiary/aromatic N) is 1. The van der Waals surface area contributed by atoms with Crippen LogP contribution in [0.3, 0.4) is 0 Å². The summed E-state index contributed by atoms with van der Waals surface area (Å²) in [5.41, 5.74) is 10.2. The predicted octanol–water partition coefficient (Wildman–Crippen LogP) is 13.0. The maximum Gasteiger partial charge on any atom is 0.143 e. The first-order chi connectivity index (χ1) is 24.8. The second kappa shape index (κ2) is 11.6. The van der Waals surface area contributed by atoms with E-state index in [2.05, 4.69) is 193 Å². The van der Waals surface area contributed by atoms with E-state index in [4.69, 9.17) is 4.42 Å². The molecule has 2 aliphatic rings. The van der Waals surface area contributed by atoms with Gasteiger partial charge in [0.2, 0.25) is 0 Å². The second-order valence-corrected chi connectivity index (χ2v) is 13.2. The van der Waals surface area contributed by atoms with Crippen LogP contribution in [0.25, 0.3) is 65.7 Å². The zero-order chi connectivity index (χ0) is 33.0. The van der Waals surface area contributed by atoms with E-state index in [1.54, 1.807) is 0 Å². The third-order valence-corrected chi connectivity index (χ3v) is 10.4. The van der Waals surface area contributed by atoms with Crippen molar-refractivity contribution in [3.63, 3.8) is 0 Å². The maximum absolute atomic E-state index is 6.82. The third kappa shape index (κ3) is 4.57. The summed E-state index contributed by atoms with van der Waals surface area (Å²) in [5, 5.41) is 7.00. The van der Waals surface area contributed by atoms with Crippen LogP contribution in [0.5, 0.6) is 0 Å². The fraction of sp³-hybridized carbons (Fsp3) is 0.0417. The lowest BCUT2D eigenvalue weighted by Crippen LogP contribution is -2.38. The lowest BCUT2D eigenvalue weighted by Gasteiger charge is -2.40. The topological polar surface area (TPSA) is 16.4 Å². The highest BCUT2D eigenvalue weighted by Gasteiger charge is 2.32. The van der Waals surface area contributed by atoms with Gasteiger partial charge in [-0.15, -0.1) is 0 Å². The van der Waals surface area contributed by atoms with E-state index < -0.39 is 0 Å². The van der Waals surface area contributed by atoms with Gasteiger partial charge in [-0.25, -0.2) is 0 Å². The SMILES string of the molecule is C1=CC2=CC=CC(N(c3ccccc3-c3ccccc3)c3cc4c(oc5cccc(-c6ccc7ccccc7c6)c54)c4ccccc34)C2C=C1. The summed E-state index contributed by atoms with van der Waals surface area (Å²) in [6, 6.07) is 52.6. The van der Waals surface area contributed by atoms with E-state index in [-0.39, 0.29) is 12.0 Å². The highest BCUT2D eigenvalue weighted by molar-refractivity contribution is 6.22. The van der Waals surface area contributed by atoms with E-state index in [1.165, 1.54) is 44.3 Å². The third-order valence-electron chi connectivity index (χ3n) is 10.4. The van der Waals surface area contributed by atoms with Crippen LogP contribution in [-0.4, -0.2) is 6.04 Å². The largest absolute Gasteiger partial charge is 0.455 e. The maximum atomic E-state index is 6.82. The number of benzene rings is 7. The van der Waals surface area contributed by atoms with Gasteiger partial charge in [0.1, 0.15) is 11.2 Å². The Balaban J connectivity index is 1.29. The molecule has 0 saturated carbocycles. The van der Waals surface area contributed by atoms with E-state index >= 15 is 0 Å². The number of allylic oxidation sites excluding steroid dienone is 5. The fourth-order valence-electron chi connectivity index (χ4n) is 8.12. The molecular formula is C48H33NO. The highest BCUT2D eigenvalue weighted by Crippen LogP contribution is 2.48. The molecule has 0 aliphatic heterocycles. The van der Waals surface area contributed by atoms with Gasteiger partial charge < -0.3 is 9.32 Å². The Morgan fingerprint density at radius 3 is 2.20 bits per heavy atom. The van der Waals surface area contributed by atoms with E-state index in [1.807, 2.05) is 0 Å². The minimum atomic E-state index is 0.0417. The molecule has 1 heterocycles. The first-order valence-electron chi connectivity index (χ1n) is 17.3. The minimum absolute atomic E-state index is 0.0417. The van der Waals surface area contributed by atoms with Gasteiger partial charge in [-0.1, -0.05) is 164 Å². The lowest BCUT2D eigenvalue weighted by atomic mass is 9.82. The van der Waals surface area contributed by atoms with Crippen LogP contribution in [0.2, 0.25) is 0 Å². The molecule has 10 rings (SSSR count). The summed E-state index contributed by atoms with van der Waals surface area (Å²) in [6.45, 7) is 0. The molecule has 0 amide bonds. The van der Waals surface area contributed by atoms with Crippen LogP contribution in [0, 0.1) is 5.92 Å². The fourth-order valence-corrected chi connectivity index (χ4v) is 8.12. The summed E-state index contributed by atoms with van der Waals surface area (Å²) in [6.07, 6.45) is 15.8. The van der Waals surface area contributed by atoms with Gasteiger partial charge in [0.05, 0.1) is 11.7 Å². The zero-order valence-electron chi connectivity index (χ0n) is 27.4. The molecule has 2 atom stereocenters.